The molecule has 1 aliphatic carbocycles. The van der Waals surface area contributed by atoms with Gasteiger partial charge in [0.25, 0.3) is 0 Å². The number of H-pyrrole nitrogens is 1. The molecule has 0 saturated carbocycles. The van der Waals surface area contributed by atoms with Crippen molar-refractivity contribution in [2.24, 2.45) is 11.8 Å². The molecule has 3 rings (SSSR count). The van der Waals surface area contributed by atoms with E-state index < -0.39 is 0 Å². The summed E-state index contributed by atoms with van der Waals surface area (Å²) in [6.07, 6.45) is 7.56. The first kappa shape index (κ1) is 12.2. The molecule has 2 aliphatic rings. The van der Waals surface area contributed by atoms with Crippen molar-refractivity contribution in [3.8, 4) is 0 Å². The van der Waals surface area contributed by atoms with Crippen molar-refractivity contribution < 1.29 is 0 Å². The van der Waals surface area contributed by atoms with Crippen molar-refractivity contribution >= 4 is 0 Å². The van der Waals surface area contributed by atoms with E-state index in [9.17, 15) is 0 Å². The van der Waals surface area contributed by atoms with Crippen molar-refractivity contribution in [1.82, 2.24) is 15.1 Å². The van der Waals surface area contributed by atoms with E-state index in [2.05, 4.69) is 29.1 Å². The minimum absolute atomic E-state index is 0.870. The third-order valence-corrected chi connectivity index (χ3v) is 4.83. The Labute approximate surface area is 110 Å². The van der Waals surface area contributed by atoms with Crippen molar-refractivity contribution in [2.75, 3.05) is 20.1 Å². The molecule has 1 aliphatic heterocycles. The Morgan fingerprint density at radius 1 is 1.33 bits per heavy atom. The largest absolute Gasteiger partial charge is 0.306 e. The number of rotatable bonds is 3. The van der Waals surface area contributed by atoms with E-state index in [1.165, 1.54) is 56.6 Å². The number of aromatic nitrogens is 2. The van der Waals surface area contributed by atoms with Crippen LogP contribution in [-0.4, -0.2) is 35.2 Å². The van der Waals surface area contributed by atoms with Gasteiger partial charge in [-0.1, -0.05) is 13.3 Å². The molecule has 3 nitrogen and oxygen atoms in total. The fourth-order valence-electron chi connectivity index (χ4n) is 3.69. The number of nitrogens with one attached hydrogen (secondary N) is 1. The van der Waals surface area contributed by atoms with Crippen LogP contribution in [0.2, 0.25) is 0 Å². The zero-order chi connectivity index (χ0) is 12.5. The fourth-order valence-corrected chi connectivity index (χ4v) is 3.69. The summed E-state index contributed by atoms with van der Waals surface area (Å²) in [5, 5.41) is 7.89. The molecule has 1 N–H and O–H groups in total. The maximum absolute atomic E-state index is 4.57. The predicted octanol–water partition coefficient (Wildman–Crippen LogP) is 2.42. The normalized spacial score (nSPS) is 27.9. The first-order valence-corrected chi connectivity index (χ1v) is 7.51. The number of piperidine rings is 1. The zero-order valence-corrected chi connectivity index (χ0v) is 11.7. The molecule has 1 aromatic rings. The van der Waals surface area contributed by atoms with Crippen LogP contribution in [-0.2, 0) is 19.3 Å². The highest BCUT2D eigenvalue weighted by Gasteiger charge is 2.34. The summed E-state index contributed by atoms with van der Waals surface area (Å²) >= 11 is 0. The van der Waals surface area contributed by atoms with Crippen molar-refractivity contribution in [2.45, 2.75) is 45.4 Å². The number of hydrogen-bond donors (Lipinski definition) is 1. The van der Waals surface area contributed by atoms with Gasteiger partial charge in [-0.25, -0.2) is 0 Å². The monoisotopic (exact) mass is 247 g/mol. The number of unbranched alkanes of at least 4 members (excludes halogenated alkanes) is 1. The lowest BCUT2D eigenvalue weighted by Crippen LogP contribution is -2.41. The summed E-state index contributed by atoms with van der Waals surface area (Å²) in [5.41, 5.74) is 4.38. The van der Waals surface area contributed by atoms with Crippen LogP contribution in [0.1, 0.15) is 43.1 Å². The second-order valence-electron chi connectivity index (χ2n) is 6.21. The van der Waals surface area contributed by atoms with Crippen LogP contribution in [0.3, 0.4) is 0 Å². The van der Waals surface area contributed by atoms with Crippen LogP contribution in [0.4, 0.5) is 0 Å². The van der Waals surface area contributed by atoms with Crippen LogP contribution < -0.4 is 0 Å². The van der Waals surface area contributed by atoms with E-state index in [1.54, 1.807) is 5.56 Å². The van der Waals surface area contributed by atoms with Gasteiger partial charge in [-0.2, -0.15) is 5.10 Å². The smallest absolute Gasteiger partial charge is 0.0657 e. The van der Waals surface area contributed by atoms with Gasteiger partial charge in [0.15, 0.2) is 0 Å². The molecular formula is C15H25N3. The van der Waals surface area contributed by atoms with Crippen molar-refractivity contribution in [3.63, 3.8) is 0 Å². The molecule has 100 valence electrons. The summed E-state index contributed by atoms with van der Waals surface area (Å²) in [4.78, 5) is 2.50. The van der Waals surface area contributed by atoms with Gasteiger partial charge in [-0.15, -0.1) is 0 Å². The SMILES string of the molecule is CCCCc1n[nH]c2c1C[C@@H]1CN(C)CC[C@@H]1C2. The predicted molar refractivity (Wildman–Crippen MR) is 73.7 cm³/mol. The molecule has 0 radical (unpaired) electrons. The summed E-state index contributed by atoms with van der Waals surface area (Å²) in [5.74, 6) is 1.77. The van der Waals surface area contributed by atoms with E-state index in [-0.39, 0.29) is 0 Å². The Balaban J connectivity index is 1.77. The van der Waals surface area contributed by atoms with E-state index in [0.29, 0.717) is 0 Å². The molecule has 2 heterocycles. The van der Waals surface area contributed by atoms with Gasteiger partial charge in [-0.05, 0) is 63.1 Å². The number of aromatic amines is 1. The standard InChI is InChI=1S/C15H25N3/c1-3-4-5-14-13-8-12-10-18(2)7-6-11(12)9-15(13)17-16-14/h11-12H,3-10H2,1-2H3,(H,16,17)/t11-,12-/m1/s1. The van der Waals surface area contributed by atoms with Crippen LogP contribution in [0.25, 0.3) is 0 Å². The number of nitrogens with zero attached hydrogens (tertiary/aromatic N) is 2. The van der Waals surface area contributed by atoms with Gasteiger partial charge in [0.1, 0.15) is 0 Å². The Morgan fingerprint density at radius 3 is 3.06 bits per heavy atom. The van der Waals surface area contributed by atoms with Crippen LogP contribution in [0, 0.1) is 11.8 Å². The molecule has 2 atom stereocenters. The summed E-state index contributed by atoms with van der Waals surface area (Å²) < 4.78 is 0. The van der Waals surface area contributed by atoms with Crippen LogP contribution >= 0.6 is 0 Å². The average Bonchev–Trinajstić information content (AvgIpc) is 2.76. The van der Waals surface area contributed by atoms with Gasteiger partial charge < -0.3 is 4.90 Å². The number of likely N-dealkylation sites (tertiary alicyclic amines) is 1. The molecule has 1 aromatic heterocycles. The van der Waals surface area contributed by atoms with Gasteiger partial charge >= 0.3 is 0 Å². The van der Waals surface area contributed by atoms with Crippen LogP contribution in [0.15, 0.2) is 0 Å². The second-order valence-corrected chi connectivity index (χ2v) is 6.21. The van der Waals surface area contributed by atoms with E-state index >= 15 is 0 Å². The Hall–Kier alpha value is -0.830. The van der Waals surface area contributed by atoms with Crippen molar-refractivity contribution in [3.05, 3.63) is 17.0 Å². The minimum atomic E-state index is 0.870. The lowest BCUT2D eigenvalue weighted by Gasteiger charge is -2.39. The number of hydrogen-bond acceptors (Lipinski definition) is 2. The molecule has 3 heteroatoms. The summed E-state index contributed by atoms with van der Waals surface area (Å²) in [6, 6.07) is 0. The highest BCUT2D eigenvalue weighted by molar-refractivity contribution is 5.29. The number of aryl methyl sites for hydroxylation is 1. The zero-order valence-electron chi connectivity index (χ0n) is 11.7. The van der Waals surface area contributed by atoms with Crippen molar-refractivity contribution in [1.29, 1.82) is 0 Å². The van der Waals surface area contributed by atoms with Crippen LogP contribution in [0.5, 0.6) is 0 Å². The Morgan fingerprint density at radius 2 is 2.22 bits per heavy atom. The van der Waals surface area contributed by atoms with Gasteiger partial charge in [0.2, 0.25) is 0 Å². The minimum Gasteiger partial charge on any atom is -0.306 e. The van der Waals surface area contributed by atoms with E-state index in [1.807, 2.05) is 0 Å². The first-order valence-electron chi connectivity index (χ1n) is 7.51. The quantitative estimate of drug-likeness (QED) is 0.889. The lowest BCUT2D eigenvalue weighted by atomic mass is 9.74. The lowest BCUT2D eigenvalue weighted by molar-refractivity contribution is 0.133. The Kier molecular flexibility index (Phi) is 3.42. The maximum atomic E-state index is 4.57. The van der Waals surface area contributed by atoms with Gasteiger partial charge in [0, 0.05) is 12.2 Å². The average molecular weight is 247 g/mol. The van der Waals surface area contributed by atoms with Gasteiger partial charge in [-0.3, -0.25) is 5.10 Å². The first-order chi connectivity index (χ1) is 8.78. The molecule has 0 aromatic carbocycles. The fraction of sp³-hybridized carbons (Fsp3) is 0.800. The molecule has 18 heavy (non-hydrogen) atoms. The summed E-state index contributed by atoms with van der Waals surface area (Å²) in [7, 11) is 2.26. The number of fused-ring (bicyclic) bond motifs is 2. The maximum Gasteiger partial charge on any atom is 0.0657 e. The molecule has 0 amide bonds. The third kappa shape index (κ3) is 2.20. The topological polar surface area (TPSA) is 31.9 Å². The molecule has 1 saturated heterocycles. The highest BCUT2D eigenvalue weighted by atomic mass is 15.1. The van der Waals surface area contributed by atoms with E-state index in [4.69, 9.17) is 0 Å². The molecule has 0 spiro atoms. The third-order valence-electron chi connectivity index (χ3n) is 4.83. The second kappa shape index (κ2) is 5.04. The molecular weight excluding hydrogens is 222 g/mol. The molecule has 0 unspecified atom stereocenters. The highest BCUT2D eigenvalue weighted by Crippen LogP contribution is 2.36. The Bertz CT molecular complexity index is 396. The van der Waals surface area contributed by atoms with Gasteiger partial charge in [0.05, 0.1) is 5.69 Å². The van der Waals surface area contributed by atoms with E-state index in [0.717, 1.165) is 18.3 Å². The molecule has 1 fully saturated rings. The molecule has 0 bridgehead atoms. The summed E-state index contributed by atoms with van der Waals surface area (Å²) in [6.45, 7) is 4.81.